The molecule has 2 aromatic rings. The van der Waals surface area contributed by atoms with Gasteiger partial charge in [0.1, 0.15) is 5.15 Å². The van der Waals surface area contributed by atoms with Crippen molar-refractivity contribution in [2.24, 2.45) is 16.6 Å². The number of nitrogens with two attached hydrogens (primary N) is 1. The summed E-state index contributed by atoms with van der Waals surface area (Å²) in [6.07, 6.45) is 7.01. The maximum absolute atomic E-state index is 12.5. The van der Waals surface area contributed by atoms with Crippen LogP contribution in [0.1, 0.15) is 32.3 Å². The smallest absolute Gasteiger partial charge is 0.319 e. The molecule has 3 rings (SSSR count). The van der Waals surface area contributed by atoms with Gasteiger partial charge in [0.2, 0.25) is 0 Å². The quantitative estimate of drug-likeness (QED) is 0.559. The minimum absolute atomic E-state index is 0.146. The van der Waals surface area contributed by atoms with E-state index in [1.807, 2.05) is 35.8 Å². The van der Waals surface area contributed by atoms with Gasteiger partial charge in [-0.1, -0.05) is 11.6 Å². The number of urea groups is 1. The molecule has 2 aromatic heterocycles. The fourth-order valence-electron chi connectivity index (χ4n) is 3.65. The van der Waals surface area contributed by atoms with Crippen LogP contribution in [-0.4, -0.2) is 64.7 Å². The SMILES string of the molecule is CCN(CC)C(=O)N1CCC(CN=CC(=CN)c2cnc3ccc(Cl)nc3c2)CC1. The number of amides is 2. The monoisotopic (exact) mass is 428 g/mol. The van der Waals surface area contributed by atoms with Gasteiger partial charge in [-0.25, -0.2) is 9.78 Å². The number of rotatable bonds is 6. The van der Waals surface area contributed by atoms with E-state index in [0.29, 0.717) is 11.1 Å². The summed E-state index contributed by atoms with van der Waals surface area (Å²) < 4.78 is 0. The van der Waals surface area contributed by atoms with Gasteiger partial charge in [0.15, 0.2) is 0 Å². The van der Waals surface area contributed by atoms with Gasteiger partial charge in [-0.05, 0) is 50.8 Å². The number of likely N-dealkylation sites (tertiary alicyclic amines) is 1. The van der Waals surface area contributed by atoms with E-state index in [1.165, 1.54) is 6.20 Å². The Bertz CT molecular complexity index is 932. The van der Waals surface area contributed by atoms with Crippen LogP contribution in [0.3, 0.4) is 0 Å². The Morgan fingerprint density at radius 3 is 2.70 bits per heavy atom. The normalized spacial score (nSPS) is 15.8. The van der Waals surface area contributed by atoms with Gasteiger partial charge in [-0.3, -0.25) is 9.98 Å². The van der Waals surface area contributed by atoms with Crippen molar-refractivity contribution in [3.8, 4) is 0 Å². The van der Waals surface area contributed by atoms with E-state index in [1.54, 1.807) is 18.5 Å². The largest absolute Gasteiger partial charge is 0.404 e. The van der Waals surface area contributed by atoms with Crippen LogP contribution >= 0.6 is 11.6 Å². The molecule has 8 heteroatoms. The average molecular weight is 429 g/mol. The number of halogens is 1. The third-order valence-corrected chi connectivity index (χ3v) is 5.74. The Hall–Kier alpha value is -2.67. The Morgan fingerprint density at radius 2 is 2.03 bits per heavy atom. The standard InChI is InChI=1S/C22H29ClN6O/c1-3-28(4-2)22(30)29-9-7-16(8-10-29)13-25-14-18(12-24)17-11-20-19(26-15-17)5-6-21(23)27-20/h5-6,11-12,14-16H,3-4,7-10,13,24H2,1-2H3. The third-order valence-electron chi connectivity index (χ3n) is 5.53. The molecular formula is C22H29ClN6O. The Morgan fingerprint density at radius 1 is 1.30 bits per heavy atom. The molecule has 0 radical (unpaired) electrons. The van der Waals surface area contributed by atoms with E-state index >= 15 is 0 Å². The molecular weight excluding hydrogens is 400 g/mol. The molecule has 2 N–H and O–H groups in total. The first kappa shape index (κ1) is 22.0. The number of allylic oxidation sites excluding steroid dienone is 1. The zero-order valence-electron chi connectivity index (χ0n) is 17.6. The Kier molecular flexibility index (Phi) is 7.63. The minimum Gasteiger partial charge on any atom is -0.404 e. The maximum atomic E-state index is 12.5. The Labute approximate surface area is 182 Å². The predicted molar refractivity (Wildman–Crippen MR) is 123 cm³/mol. The minimum atomic E-state index is 0.146. The number of piperidine rings is 1. The lowest BCUT2D eigenvalue weighted by molar-refractivity contribution is 0.137. The van der Waals surface area contributed by atoms with E-state index in [2.05, 4.69) is 15.0 Å². The van der Waals surface area contributed by atoms with Crippen molar-refractivity contribution in [3.05, 3.63) is 41.3 Å². The topological polar surface area (TPSA) is 87.7 Å². The number of carbonyl (C=O) groups is 1. The van der Waals surface area contributed by atoms with Crippen LogP contribution in [0, 0.1) is 5.92 Å². The first-order valence-electron chi connectivity index (χ1n) is 10.4. The summed E-state index contributed by atoms with van der Waals surface area (Å²) in [6.45, 7) is 7.82. The summed E-state index contributed by atoms with van der Waals surface area (Å²) in [7, 11) is 0. The molecule has 1 aliphatic heterocycles. The van der Waals surface area contributed by atoms with Crippen molar-refractivity contribution in [2.45, 2.75) is 26.7 Å². The van der Waals surface area contributed by atoms with Crippen LogP contribution < -0.4 is 5.73 Å². The molecule has 0 aromatic carbocycles. The summed E-state index contributed by atoms with van der Waals surface area (Å²) in [5.74, 6) is 0.469. The molecule has 2 amide bonds. The van der Waals surface area contributed by atoms with E-state index in [0.717, 1.165) is 67.7 Å². The van der Waals surface area contributed by atoms with Gasteiger partial charge in [0, 0.05) is 62.5 Å². The molecule has 0 bridgehead atoms. The number of aliphatic imine (C=N–C) groups is 1. The number of fused-ring (bicyclic) bond motifs is 1. The van der Waals surface area contributed by atoms with Crippen molar-refractivity contribution in [3.63, 3.8) is 0 Å². The maximum Gasteiger partial charge on any atom is 0.319 e. The number of aromatic nitrogens is 2. The highest BCUT2D eigenvalue weighted by Gasteiger charge is 2.24. The van der Waals surface area contributed by atoms with Crippen molar-refractivity contribution < 1.29 is 4.79 Å². The molecule has 0 spiro atoms. The summed E-state index contributed by atoms with van der Waals surface area (Å²) >= 11 is 5.99. The second-order valence-corrected chi connectivity index (χ2v) is 7.79. The number of hydrogen-bond donors (Lipinski definition) is 1. The molecule has 0 unspecified atom stereocenters. The lowest BCUT2D eigenvalue weighted by atomic mass is 9.97. The van der Waals surface area contributed by atoms with Gasteiger partial charge in [-0.15, -0.1) is 0 Å². The van der Waals surface area contributed by atoms with E-state index < -0.39 is 0 Å². The van der Waals surface area contributed by atoms with Crippen molar-refractivity contribution in [1.29, 1.82) is 0 Å². The van der Waals surface area contributed by atoms with Crippen LogP contribution in [-0.2, 0) is 0 Å². The van der Waals surface area contributed by atoms with Crippen molar-refractivity contribution in [2.75, 3.05) is 32.7 Å². The zero-order valence-corrected chi connectivity index (χ0v) is 18.3. The zero-order chi connectivity index (χ0) is 21.5. The molecule has 7 nitrogen and oxygen atoms in total. The molecule has 0 saturated carbocycles. The Balaban J connectivity index is 1.57. The number of nitrogens with zero attached hydrogens (tertiary/aromatic N) is 5. The van der Waals surface area contributed by atoms with Gasteiger partial charge < -0.3 is 15.5 Å². The van der Waals surface area contributed by atoms with E-state index in [-0.39, 0.29) is 6.03 Å². The van der Waals surface area contributed by atoms with Crippen molar-refractivity contribution in [1.82, 2.24) is 19.8 Å². The first-order chi connectivity index (χ1) is 14.5. The highest BCUT2D eigenvalue weighted by Crippen LogP contribution is 2.20. The molecule has 1 saturated heterocycles. The number of carbonyl (C=O) groups excluding carboxylic acids is 1. The summed E-state index contributed by atoms with van der Waals surface area (Å²) in [5, 5.41) is 0.430. The third kappa shape index (κ3) is 5.27. The van der Waals surface area contributed by atoms with E-state index in [4.69, 9.17) is 17.3 Å². The second-order valence-electron chi connectivity index (χ2n) is 7.40. The second kappa shape index (κ2) is 10.4. The number of hydrogen-bond acceptors (Lipinski definition) is 5. The van der Waals surface area contributed by atoms with Crippen LogP contribution in [0.2, 0.25) is 5.15 Å². The molecule has 1 fully saturated rings. The lowest BCUT2D eigenvalue weighted by Crippen LogP contribution is -2.46. The average Bonchev–Trinajstić information content (AvgIpc) is 2.77. The molecule has 1 aliphatic rings. The fourth-order valence-corrected chi connectivity index (χ4v) is 3.81. The van der Waals surface area contributed by atoms with Gasteiger partial charge in [0.25, 0.3) is 0 Å². The first-order valence-corrected chi connectivity index (χ1v) is 10.8. The fraction of sp³-hybridized carbons (Fsp3) is 0.455. The van der Waals surface area contributed by atoms with Gasteiger partial charge >= 0.3 is 6.03 Å². The lowest BCUT2D eigenvalue weighted by Gasteiger charge is -2.34. The van der Waals surface area contributed by atoms with Crippen LogP contribution in [0.25, 0.3) is 16.6 Å². The van der Waals surface area contributed by atoms with Crippen LogP contribution in [0.5, 0.6) is 0 Å². The molecule has 30 heavy (non-hydrogen) atoms. The van der Waals surface area contributed by atoms with Crippen LogP contribution in [0.4, 0.5) is 4.79 Å². The summed E-state index contributed by atoms with van der Waals surface area (Å²) in [4.78, 5) is 29.6. The van der Waals surface area contributed by atoms with Gasteiger partial charge in [-0.2, -0.15) is 0 Å². The van der Waals surface area contributed by atoms with E-state index in [9.17, 15) is 4.79 Å². The van der Waals surface area contributed by atoms with Crippen molar-refractivity contribution >= 4 is 40.5 Å². The predicted octanol–water partition coefficient (Wildman–Crippen LogP) is 3.83. The van der Waals surface area contributed by atoms with Crippen LogP contribution in [0.15, 0.2) is 35.6 Å². The highest BCUT2D eigenvalue weighted by atomic mass is 35.5. The highest BCUT2D eigenvalue weighted by molar-refractivity contribution is 6.29. The summed E-state index contributed by atoms with van der Waals surface area (Å²) in [5.41, 5.74) is 8.97. The molecule has 160 valence electrons. The van der Waals surface area contributed by atoms with Gasteiger partial charge in [0.05, 0.1) is 11.0 Å². The molecule has 3 heterocycles. The number of pyridine rings is 2. The molecule has 0 atom stereocenters. The molecule has 0 aliphatic carbocycles. The summed E-state index contributed by atoms with van der Waals surface area (Å²) in [6, 6.07) is 5.62.